The molecule has 1 aliphatic heterocycles. The van der Waals surface area contributed by atoms with Gasteiger partial charge in [0, 0.05) is 19.3 Å². The lowest BCUT2D eigenvalue weighted by Crippen LogP contribution is -2.44. The zero-order valence-corrected chi connectivity index (χ0v) is 15.3. The second kappa shape index (κ2) is 8.29. The standard InChI is InChI=1S/C19H29N3O2/c1-14-7-8-16(3)17(10-14)20-18(23)12-21(4)19(24)13-22-9-5-6-15(2)11-22/h7-8,10,15H,5-6,9,11-13H2,1-4H3,(H,20,23). The van der Waals surface area contributed by atoms with Crippen LogP contribution >= 0.6 is 0 Å². The first-order valence-electron chi connectivity index (χ1n) is 8.68. The molecule has 1 atom stereocenters. The van der Waals surface area contributed by atoms with Crippen LogP contribution in [0.4, 0.5) is 5.69 Å². The predicted octanol–water partition coefficient (Wildman–Crippen LogP) is 2.43. The molecule has 0 aliphatic carbocycles. The summed E-state index contributed by atoms with van der Waals surface area (Å²) in [7, 11) is 1.69. The number of nitrogens with one attached hydrogen (secondary N) is 1. The van der Waals surface area contributed by atoms with Crippen LogP contribution < -0.4 is 5.32 Å². The highest BCUT2D eigenvalue weighted by molar-refractivity contribution is 5.95. The van der Waals surface area contributed by atoms with Crippen molar-refractivity contribution in [1.82, 2.24) is 9.80 Å². The molecule has 132 valence electrons. The van der Waals surface area contributed by atoms with Crippen LogP contribution in [0.5, 0.6) is 0 Å². The molecule has 0 saturated carbocycles. The zero-order valence-electron chi connectivity index (χ0n) is 15.3. The molecule has 5 heteroatoms. The van der Waals surface area contributed by atoms with Gasteiger partial charge in [-0.1, -0.05) is 19.1 Å². The maximum atomic E-state index is 12.3. The Kier molecular flexibility index (Phi) is 6.37. The number of aryl methyl sites for hydroxylation is 2. The van der Waals surface area contributed by atoms with E-state index in [2.05, 4.69) is 17.1 Å². The normalized spacial score (nSPS) is 18.2. The highest BCUT2D eigenvalue weighted by Gasteiger charge is 2.21. The van der Waals surface area contributed by atoms with Crippen LogP contribution in [0, 0.1) is 19.8 Å². The topological polar surface area (TPSA) is 52.7 Å². The van der Waals surface area contributed by atoms with Crippen LogP contribution in [0.1, 0.15) is 30.9 Å². The van der Waals surface area contributed by atoms with E-state index in [0.717, 1.165) is 36.3 Å². The van der Waals surface area contributed by atoms with Crippen LogP contribution in [0.3, 0.4) is 0 Å². The van der Waals surface area contributed by atoms with Crippen LogP contribution in [0.15, 0.2) is 18.2 Å². The van der Waals surface area contributed by atoms with Gasteiger partial charge in [-0.25, -0.2) is 0 Å². The fourth-order valence-electron chi connectivity index (χ4n) is 3.11. The number of likely N-dealkylation sites (tertiary alicyclic amines) is 1. The molecule has 2 amide bonds. The second-order valence-electron chi connectivity index (χ2n) is 7.10. The summed E-state index contributed by atoms with van der Waals surface area (Å²) < 4.78 is 0. The van der Waals surface area contributed by atoms with Crippen molar-refractivity contribution < 1.29 is 9.59 Å². The number of nitrogens with zero attached hydrogens (tertiary/aromatic N) is 2. The van der Waals surface area contributed by atoms with E-state index >= 15 is 0 Å². The summed E-state index contributed by atoms with van der Waals surface area (Å²) in [5.74, 6) is 0.483. The minimum absolute atomic E-state index is 0.000198. The number of anilines is 1. The molecule has 1 aromatic rings. The number of likely N-dealkylation sites (N-methyl/N-ethyl adjacent to an activating group) is 1. The van der Waals surface area contributed by atoms with E-state index in [9.17, 15) is 9.59 Å². The minimum atomic E-state index is -0.161. The number of piperidine rings is 1. The number of hydrogen-bond acceptors (Lipinski definition) is 3. The van der Waals surface area contributed by atoms with Gasteiger partial charge in [0.25, 0.3) is 0 Å². The molecule has 1 saturated heterocycles. The summed E-state index contributed by atoms with van der Waals surface area (Å²) >= 11 is 0. The lowest BCUT2D eigenvalue weighted by atomic mass is 10.0. The SMILES string of the molecule is Cc1ccc(C)c(NC(=O)CN(C)C(=O)CN2CCCC(C)C2)c1. The molecular weight excluding hydrogens is 302 g/mol. The van der Waals surface area contributed by atoms with Gasteiger partial charge in [0.05, 0.1) is 13.1 Å². The molecule has 0 radical (unpaired) electrons. The molecule has 5 nitrogen and oxygen atoms in total. The summed E-state index contributed by atoms with van der Waals surface area (Å²) in [6.45, 7) is 8.59. The lowest BCUT2D eigenvalue weighted by molar-refractivity contribution is -0.134. The molecular formula is C19H29N3O2. The lowest BCUT2D eigenvalue weighted by Gasteiger charge is -2.31. The van der Waals surface area contributed by atoms with Gasteiger partial charge in [0.1, 0.15) is 0 Å². The van der Waals surface area contributed by atoms with Gasteiger partial charge in [0.2, 0.25) is 11.8 Å². The molecule has 1 N–H and O–H groups in total. The van der Waals surface area contributed by atoms with E-state index in [-0.39, 0.29) is 18.4 Å². The Balaban J connectivity index is 1.84. The third kappa shape index (κ3) is 5.34. The highest BCUT2D eigenvalue weighted by Crippen LogP contribution is 2.17. The van der Waals surface area contributed by atoms with Crippen LogP contribution in [-0.2, 0) is 9.59 Å². The van der Waals surface area contributed by atoms with Crippen molar-refractivity contribution >= 4 is 17.5 Å². The Labute approximate surface area is 145 Å². The van der Waals surface area contributed by atoms with Gasteiger partial charge in [-0.15, -0.1) is 0 Å². The average Bonchev–Trinajstić information content (AvgIpc) is 2.50. The van der Waals surface area contributed by atoms with Gasteiger partial charge in [-0.2, -0.15) is 0 Å². The van der Waals surface area contributed by atoms with Crippen molar-refractivity contribution in [3.63, 3.8) is 0 Å². The average molecular weight is 331 g/mol. The Morgan fingerprint density at radius 2 is 2.08 bits per heavy atom. The highest BCUT2D eigenvalue weighted by atomic mass is 16.2. The summed E-state index contributed by atoms with van der Waals surface area (Å²) in [6, 6.07) is 5.95. The van der Waals surface area contributed by atoms with Gasteiger partial charge in [-0.05, 0) is 56.3 Å². The fourth-order valence-corrected chi connectivity index (χ4v) is 3.11. The first-order valence-corrected chi connectivity index (χ1v) is 8.68. The summed E-state index contributed by atoms with van der Waals surface area (Å²) in [5.41, 5.74) is 2.93. The van der Waals surface area contributed by atoms with Crippen LogP contribution in [0.2, 0.25) is 0 Å². The largest absolute Gasteiger partial charge is 0.335 e. The summed E-state index contributed by atoms with van der Waals surface area (Å²) in [5, 5.41) is 2.90. The number of rotatable bonds is 5. The molecule has 1 fully saturated rings. The number of carbonyl (C=O) groups is 2. The van der Waals surface area contributed by atoms with Crippen molar-refractivity contribution in [2.75, 3.05) is 38.5 Å². The van der Waals surface area contributed by atoms with E-state index in [4.69, 9.17) is 0 Å². The minimum Gasteiger partial charge on any atom is -0.335 e. The molecule has 1 heterocycles. The Morgan fingerprint density at radius 1 is 1.33 bits per heavy atom. The maximum Gasteiger partial charge on any atom is 0.243 e. The maximum absolute atomic E-state index is 12.3. The molecule has 0 aromatic heterocycles. The van der Waals surface area contributed by atoms with Gasteiger partial charge >= 0.3 is 0 Å². The number of hydrogen-bond donors (Lipinski definition) is 1. The van der Waals surface area contributed by atoms with Crippen LogP contribution in [-0.4, -0.2) is 54.8 Å². The Morgan fingerprint density at radius 3 is 2.79 bits per heavy atom. The fraction of sp³-hybridized carbons (Fsp3) is 0.579. The monoisotopic (exact) mass is 331 g/mol. The van der Waals surface area contributed by atoms with Crippen molar-refractivity contribution in [2.24, 2.45) is 5.92 Å². The van der Waals surface area contributed by atoms with Crippen LogP contribution in [0.25, 0.3) is 0 Å². The number of carbonyl (C=O) groups excluding carboxylic acids is 2. The van der Waals surface area contributed by atoms with Crippen molar-refractivity contribution in [3.05, 3.63) is 29.3 Å². The smallest absolute Gasteiger partial charge is 0.243 e. The third-order valence-corrected chi connectivity index (χ3v) is 4.57. The molecule has 0 bridgehead atoms. The first kappa shape index (κ1) is 18.5. The van der Waals surface area contributed by atoms with Crippen molar-refractivity contribution in [2.45, 2.75) is 33.6 Å². The predicted molar refractivity (Wildman–Crippen MR) is 97.0 cm³/mol. The third-order valence-electron chi connectivity index (χ3n) is 4.57. The first-order chi connectivity index (χ1) is 11.3. The molecule has 24 heavy (non-hydrogen) atoms. The van der Waals surface area contributed by atoms with E-state index in [0.29, 0.717) is 12.5 Å². The van der Waals surface area contributed by atoms with E-state index in [1.165, 1.54) is 11.3 Å². The summed E-state index contributed by atoms with van der Waals surface area (Å²) in [4.78, 5) is 28.3. The summed E-state index contributed by atoms with van der Waals surface area (Å²) in [6.07, 6.45) is 2.38. The van der Waals surface area contributed by atoms with Crippen molar-refractivity contribution in [3.8, 4) is 0 Å². The van der Waals surface area contributed by atoms with Crippen molar-refractivity contribution in [1.29, 1.82) is 0 Å². The van der Waals surface area contributed by atoms with Gasteiger partial charge < -0.3 is 10.2 Å². The molecule has 1 unspecified atom stereocenters. The number of amides is 2. The van der Waals surface area contributed by atoms with E-state index in [1.54, 1.807) is 7.05 Å². The quantitative estimate of drug-likeness (QED) is 0.901. The molecule has 1 aliphatic rings. The Hall–Kier alpha value is -1.88. The molecule has 0 spiro atoms. The molecule has 1 aromatic carbocycles. The van der Waals surface area contributed by atoms with Gasteiger partial charge in [-0.3, -0.25) is 14.5 Å². The van der Waals surface area contributed by atoms with E-state index in [1.807, 2.05) is 32.0 Å². The second-order valence-corrected chi connectivity index (χ2v) is 7.10. The number of benzene rings is 1. The molecule has 2 rings (SSSR count). The van der Waals surface area contributed by atoms with E-state index < -0.39 is 0 Å². The zero-order chi connectivity index (χ0) is 17.7. The van der Waals surface area contributed by atoms with Gasteiger partial charge in [0.15, 0.2) is 0 Å². The Bertz CT molecular complexity index is 600.